The number of aromatic nitrogens is 2. The lowest BCUT2D eigenvalue weighted by Gasteiger charge is -2.14. The van der Waals surface area contributed by atoms with Gasteiger partial charge in [-0.2, -0.15) is 0 Å². The van der Waals surface area contributed by atoms with Gasteiger partial charge in [0.25, 0.3) is 0 Å². The van der Waals surface area contributed by atoms with E-state index in [0.717, 1.165) is 27.7 Å². The molecular weight excluding hydrogens is 290 g/mol. The van der Waals surface area contributed by atoms with Crippen LogP contribution in [0, 0.1) is 13.8 Å². The molecule has 0 saturated heterocycles. The van der Waals surface area contributed by atoms with Gasteiger partial charge < -0.3 is 15.4 Å². The summed E-state index contributed by atoms with van der Waals surface area (Å²) >= 11 is 0. The largest absolute Gasteiger partial charge is 0.480 e. The fourth-order valence-electron chi connectivity index (χ4n) is 2.69. The summed E-state index contributed by atoms with van der Waals surface area (Å²) < 4.78 is 1.77. The second kappa shape index (κ2) is 5.43. The van der Waals surface area contributed by atoms with Crippen molar-refractivity contribution in [1.29, 1.82) is 0 Å². The Morgan fingerprint density at radius 2 is 1.78 bits per heavy atom. The molecule has 3 N–H and O–H groups in total. The Labute approximate surface area is 134 Å². The van der Waals surface area contributed by atoms with Gasteiger partial charge in [-0.05, 0) is 68.3 Å². The number of nitrogen functional groups attached to an aromatic ring is 1. The number of benzene rings is 2. The predicted molar refractivity (Wildman–Crippen MR) is 91.4 cm³/mol. The number of fused-ring (bicyclic) bond motifs is 1. The van der Waals surface area contributed by atoms with Crippen molar-refractivity contribution in [2.75, 3.05) is 5.73 Å². The topological polar surface area (TPSA) is 81.1 Å². The summed E-state index contributed by atoms with van der Waals surface area (Å²) in [6.45, 7) is 5.71. The van der Waals surface area contributed by atoms with E-state index in [0.29, 0.717) is 11.5 Å². The molecule has 3 rings (SSSR count). The van der Waals surface area contributed by atoms with E-state index >= 15 is 0 Å². The van der Waals surface area contributed by atoms with Crippen molar-refractivity contribution in [2.45, 2.75) is 26.8 Å². The molecule has 5 nitrogen and oxygen atoms in total. The lowest BCUT2D eigenvalue weighted by molar-refractivity contribution is -0.140. The Hall–Kier alpha value is -2.82. The van der Waals surface area contributed by atoms with Gasteiger partial charge in [0.15, 0.2) is 0 Å². The number of nitrogens with two attached hydrogens (primary N) is 1. The first-order chi connectivity index (χ1) is 10.9. The SMILES string of the molecule is Cc1cc2nc(-c3ccc(N)cc3)n(C(C)C(=O)O)c2cc1C. The van der Waals surface area contributed by atoms with Crippen LogP contribution >= 0.6 is 0 Å². The zero-order valence-corrected chi connectivity index (χ0v) is 13.4. The van der Waals surface area contributed by atoms with Crippen LogP contribution in [0.25, 0.3) is 22.4 Å². The molecule has 0 aliphatic carbocycles. The van der Waals surface area contributed by atoms with E-state index in [9.17, 15) is 9.90 Å². The Morgan fingerprint density at radius 1 is 1.17 bits per heavy atom. The molecule has 23 heavy (non-hydrogen) atoms. The molecule has 2 aromatic carbocycles. The number of carboxylic acid groups (broad SMARTS) is 1. The van der Waals surface area contributed by atoms with Crippen LogP contribution in [0.15, 0.2) is 36.4 Å². The minimum Gasteiger partial charge on any atom is -0.480 e. The first kappa shape index (κ1) is 15.1. The summed E-state index contributed by atoms with van der Waals surface area (Å²) in [5.41, 5.74) is 11.1. The molecule has 1 atom stereocenters. The summed E-state index contributed by atoms with van der Waals surface area (Å²) in [5.74, 6) is -0.251. The van der Waals surface area contributed by atoms with Crippen LogP contribution in [0.4, 0.5) is 5.69 Å². The summed E-state index contributed by atoms with van der Waals surface area (Å²) in [7, 11) is 0. The number of nitrogens with zero attached hydrogens (tertiary/aromatic N) is 2. The standard InChI is InChI=1S/C18H19N3O2/c1-10-8-15-16(9-11(10)2)21(12(3)18(22)23)17(20-15)13-4-6-14(19)7-5-13/h4-9,12H,19H2,1-3H3,(H,22,23). The van der Waals surface area contributed by atoms with Crippen molar-refractivity contribution in [3.8, 4) is 11.4 Å². The lowest BCUT2D eigenvalue weighted by Crippen LogP contribution is -2.16. The first-order valence-electron chi connectivity index (χ1n) is 7.46. The molecule has 0 aliphatic heterocycles. The molecule has 1 unspecified atom stereocenters. The maximum atomic E-state index is 11.6. The minimum atomic E-state index is -0.890. The Kier molecular flexibility index (Phi) is 3.56. The van der Waals surface area contributed by atoms with E-state index in [-0.39, 0.29) is 0 Å². The fourth-order valence-corrected chi connectivity index (χ4v) is 2.69. The van der Waals surface area contributed by atoms with Crippen LogP contribution in [-0.4, -0.2) is 20.6 Å². The molecule has 1 heterocycles. The zero-order chi connectivity index (χ0) is 16.7. The van der Waals surface area contributed by atoms with Gasteiger partial charge in [-0.15, -0.1) is 0 Å². The number of aryl methyl sites for hydroxylation is 2. The molecule has 0 radical (unpaired) electrons. The number of carbonyl (C=O) groups is 1. The number of hydrogen-bond donors (Lipinski definition) is 2. The van der Waals surface area contributed by atoms with Crippen molar-refractivity contribution in [2.24, 2.45) is 0 Å². The smallest absolute Gasteiger partial charge is 0.326 e. The van der Waals surface area contributed by atoms with Gasteiger partial charge in [0.1, 0.15) is 11.9 Å². The van der Waals surface area contributed by atoms with E-state index in [1.165, 1.54) is 0 Å². The van der Waals surface area contributed by atoms with E-state index in [1.54, 1.807) is 23.6 Å². The maximum absolute atomic E-state index is 11.6. The average molecular weight is 309 g/mol. The van der Waals surface area contributed by atoms with Gasteiger partial charge in [-0.1, -0.05) is 0 Å². The highest BCUT2D eigenvalue weighted by Crippen LogP contribution is 2.30. The van der Waals surface area contributed by atoms with Crippen molar-refractivity contribution < 1.29 is 9.90 Å². The number of imidazole rings is 1. The van der Waals surface area contributed by atoms with Crippen LogP contribution in [0.5, 0.6) is 0 Å². The minimum absolute atomic E-state index is 0.639. The van der Waals surface area contributed by atoms with Crippen LogP contribution in [0.3, 0.4) is 0 Å². The maximum Gasteiger partial charge on any atom is 0.326 e. The molecule has 1 aromatic heterocycles. The second-order valence-corrected chi connectivity index (χ2v) is 5.87. The first-order valence-corrected chi connectivity index (χ1v) is 7.46. The molecule has 118 valence electrons. The lowest BCUT2D eigenvalue weighted by atomic mass is 10.1. The van der Waals surface area contributed by atoms with Crippen LogP contribution < -0.4 is 5.73 Å². The molecule has 0 saturated carbocycles. The number of aliphatic carboxylic acids is 1. The van der Waals surface area contributed by atoms with Crippen molar-refractivity contribution >= 4 is 22.7 Å². The van der Waals surface area contributed by atoms with Crippen molar-refractivity contribution in [3.63, 3.8) is 0 Å². The van der Waals surface area contributed by atoms with E-state index < -0.39 is 12.0 Å². The normalized spacial score (nSPS) is 12.5. The fraction of sp³-hybridized carbons (Fsp3) is 0.222. The van der Waals surface area contributed by atoms with Gasteiger partial charge in [0.05, 0.1) is 11.0 Å². The predicted octanol–water partition coefficient (Wildman–Crippen LogP) is 3.55. The van der Waals surface area contributed by atoms with Gasteiger partial charge in [0.2, 0.25) is 0 Å². The number of anilines is 1. The van der Waals surface area contributed by atoms with Crippen molar-refractivity contribution in [1.82, 2.24) is 9.55 Å². The summed E-state index contributed by atoms with van der Waals surface area (Å²) in [5, 5.41) is 9.48. The molecular formula is C18H19N3O2. The zero-order valence-electron chi connectivity index (χ0n) is 13.4. The van der Waals surface area contributed by atoms with Crippen LogP contribution in [0.2, 0.25) is 0 Å². The summed E-state index contributed by atoms with van der Waals surface area (Å²) in [6.07, 6.45) is 0. The average Bonchev–Trinajstić information content (AvgIpc) is 2.86. The highest BCUT2D eigenvalue weighted by atomic mass is 16.4. The highest BCUT2D eigenvalue weighted by Gasteiger charge is 2.22. The van der Waals surface area contributed by atoms with E-state index in [1.807, 2.05) is 38.1 Å². The molecule has 3 aromatic rings. The quantitative estimate of drug-likeness (QED) is 0.725. The Balaban J connectivity index is 2.33. The third-order valence-corrected chi connectivity index (χ3v) is 4.22. The van der Waals surface area contributed by atoms with E-state index in [2.05, 4.69) is 4.98 Å². The van der Waals surface area contributed by atoms with Gasteiger partial charge in [-0.3, -0.25) is 0 Å². The third-order valence-electron chi connectivity index (χ3n) is 4.22. The number of rotatable bonds is 3. The number of carboxylic acids is 1. The summed E-state index contributed by atoms with van der Waals surface area (Å²) in [4.78, 5) is 16.2. The molecule has 5 heteroatoms. The number of hydrogen-bond acceptors (Lipinski definition) is 3. The highest BCUT2D eigenvalue weighted by molar-refractivity contribution is 5.85. The van der Waals surface area contributed by atoms with E-state index in [4.69, 9.17) is 5.73 Å². The third kappa shape index (κ3) is 2.54. The molecule has 0 spiro atoms. The van der Waals surface area contributed by atoms with Crippen LogP contribution in [0.1, 0.15) is 24.1 Å². The second-order valence-electron chi connectivity index (χ2n) is 5.87. The molecule has 0 aliphatic rings. The van der Waals surface area contributed by atoms with Gasteiger partial charge >= 0.3 is 5.97 Å². The van der Waals surface area contributed by atoms with Crippen molar-refractivity contribution in [3.05, 3.63) is 47.5 Å². The molecule has 0 fully saturated rings. The Morgan fingerprint density at radius 3 is 2.39 bits per heavy atom. The summed E-state index contributed by atoms with van der Waals surface area (Å²) in [6, 6.07) is 10.6. The van der Waals surface area contributed by atoms with Crippen LogP contribution in [-0.2, 0) is 4.79 Å². The monoisotopic (exact) mass is 309 g/mol. The molecule has 0 amide bonds. The molecule has 0 bridgehead atoms. The van der Waals surface area contributed by atoms with Gasteiger partial charge in [-0.25, -0.2) is 9.78 Å². The Bertz CT molecular complexity index is 895. The van der Waals surface area contributed by atoms with Gasteiger partial charge in [0, 0.05) is 11.3 Å².